The molecule has 6 heteroatoms. The van der Waals surface area contributed by atoms with Crippen LogP contribution in [0.5, 0.6) is 5.75 Å². The SMILES string of the molecule is CC(C)NS(=O)(=O)c1ccc(OC2CC(CN)C2)cc1. The highest BCUT2D eigenvalue weighted by Crippen LogP contribution is 2.30. The van der Waals surface area contributed by atoms with Crippen molar-refractivity contribution in [3.05, 3.63) is 24.3 Å². The standard InChI is InChI=1S/C14H22N2O3S/c1-10(2)16-20(17,18)14-5-3-12(4-6-14)19-13-7-11(8-13)9-15/h3-6,10-11,13,16H,7-9,15H2,1-2H3. The molecule has 0 heterocycles. The molecule has 3 N–H and O–H groups in total. The van der Waals surface area contributed by atoms with Crippen LogP contribution in [0.4, 0.5) is 0 Å². The Labute approximate surface area is 120 Å². The van der Waals surface area contributed by atoms with Gasteiger partial charge in [0, 0.05) is 6.04 Å². The summed E-state index contributed by atoms with van der Waals surface area (Å²) in [4.78, 5) is 0.256. The van der Waals surface area contributed by atoms with E-state index in [0.717, 1.165) is 12.8 Å². The predicted octanol–water partition coefficient (Wildman–Crippen LogP) is 1.49. The molecule has 0 spiro atoms. The topological polar surface area (TPSA) is 81.4 Å². The highest BCUT2D eigenvalue weighted by atomic mass is 32.2. The molecule has 1 aliphatic rings. The van der Waals surface area contributed by atoms with Crippen LogP contribution in [-0.2, 0) is 10.0 Å². The molecule has 1 aliphatic carbocycles. The maximum Gasteiger partial charge on any atom is 0.240 e. The average Bonchev–Trinajstić information content (AvgIpc) is 2.32. The molecule has 0 unspecified atom stereocenters. The fraction of sp³-hybridized carbons (Fsp3) is 0.571. The Morgan fingerprint density at radius 3 is 2.40 bits per heavy atom. The second-order valence-electron chi connectivity index (χ2n) is 5.56. The number of nitrogens with one attached hydrogen (secondary N) is 1. The molecule has 5 nitrogen and oxygen atoms in total. The van der Waals surface area contributed by atoms with E-state index in [1.807, 2.05) is 0 Å². The van der Waals surface area contributed by atoms with E-state index in [4.69, 9.17) is 10.5 Å². The van der Waals surface area contributed by atoms with Crippen LogP contribution < -0.4 is 15.2 Å². The van der Waals surface area contributed by atoms with Crippen LogP contribution in [0.1, 0.15) is 26.7 Å². The second kappa shape index (κ2) is 6.11. The molecule has 0 bridgehead atoms. The third-order valence-electron chi connectivity index (χ3n) is 3.35. The number of sulfonamides is 1. The molecule has 1 aromatic carbocycles. The lowest BCUT2D eigenvalue weighted by Gasteiger charge is -2.34. The van der Waals surface area contributed by atoms with Crippen molar-refractivity contribution in [3.63, 3.8) is 0 Å². The van der Waals surface area contributed by atoms with Crippen LogP contribution in [0.15, 0.2) is 29.2 Å². The molecule has 1 aromatic rings. The van der Waals surface area contributed by atoms with Gasteiger partial charge in [-0.05, 0) is 63.4 Å². The number of rotatable bonds is 6. The number of nitrogens with two attached hydrogens (primary N) is 1. The van der Waals surface area contributed by atoms with Gasteiger partial charge in [0.1, 0.15) is 5.75 Å². The summed E-state index contributed by atoms with van der Waals surface area (Å²) in [6, 6.07) is 6.41. The molecule has 0 aromatic heterocycles. The van der Waals surface area contributed by atoms with E-state index in [1.165, 1.54) is 0 Å². The fourth-order valence-electron chi connectivity index (χ4n) is 2.23. The van der Waals surface area contributed by atoms with Crippen LogP contribution in [-0.4, -0.2) is 27.1 Å². The van der Waals surface area contributed by atoms with E-state index in [0.29, 0.717) is 18.2 Å². The van der Waals surface area contributed by atoms with E-state index in [9.17, 15) is 8.42 Å². The molecule has 0 atom stereocenters. The molecule has 1 saturated carbocycles. The Bertz CT molecular complexity index is 534. The molecule has 0 radical (unpaired) electrons. The number of hydrogen-bond acceptors (Lipinski definition) is 4. The molecule has 2 rings (SSSR count). The highest BCUT2D eigenvalue weighted by molar-refractivity contribution is 7.89. The van der Waals surface area contributed by atoms with Crippen LogP contribution in [0, 0.1) is 5.92 Å². The summed E-state index contributed by atoms with van der Waals surface area (Å²) < 4.78 is 32.2. The van der Waals surface area contributed by atoms with Gasteiger partial charge < -0.3 is 10.5 Å². The van der Waals surface area contributed by atoms with Gasteiger partial charge in [-0.15, -0.1) is 0 Å². The Morgan fingerprint density at radius 2 is 1.90 bits per heavy atom. The fourth-order valence-corrected chi connectivity index (χ4v) is 3.48. The first-order chi connectivity index (χ1) is 9.40. The van der Waals surface area contributed by atoms with Gasteiger partial charge in [-0.3, -0.25) is 0 Å². The quantitative estimate of drug-likeness (QED) is 0.833. The van der Waals surface area contributed by atoms with Crippen LogP contribution in [0.3, 0.4) is 0 Å². The molecule has 0 amide bonds. The molecule has 0 saturated heterocycles. The number of ether oxygens (including phenoxy) is 1. The summed E-state index contributed by atoms with van der Waals surface area (Å²) in [6.07, 6.45) is 2.16. The van der Waals surface area contributed by atoms with Crippen molar-refractivity contribution in [2.24, 2.45) is 11.7 Å². The van der Waals surface area contributed by atoms with Gasteiger partial charge in [0.05, 0.1) is 11.0 Å². The maximum atomic E-state index is 12.0. The molecule has 0 aliphatic heterocycles. The Morgan fingerprint density at radius 1 is 1.30 bits per heavy atom. The van der Waals surface area contributed by atoms with E-state index >= 15 is 0 Å². The summed E-state index contributed by atoms with van der Waals surface area (Å²) in [7, 11) is -3.43. The Balaban J connectivity index is 1.96. The normalized spacial score (nSPS) is 22.6. The zero-order valence-electron chi connectivity index (χ0n) is 11.9. The largest absolute Gasteiger partial charge is 0.490 e. The summed E-state index contributed by atoms with van der Waals surface area (Å²) in [6.45, 7) is 4.29. The lowest BCUT2D eigenvalue weighted by molar-refractivity contribution is 0.0690. The third-order valence-corrected chi connectivity index (χ3v) is 5.03. The Hall–Kier alpha value is -1.11. The van der Waals surface area contributed by atoms with Crippen molar-refractivity contribution in [3.8, 4) is 5.75 Å². The van der Waals surface area contributed by atoms with E-state index < -0.39 is 10.0 Å². The smallest absolute Gasteiger partial charge is 0.240 e. The summed E-state index contributed by atoms with van der Waals surface area (Å²) >= 11 is 0. The summed E-state index contributed by atoms with van der Waals surface area (Å²) in [5.74, 6) is 1.27. The molecular weight excluding hydrogens is 276 g/mol. The summed E-state index contributed by atoms with van der Waals surface area (Å²) in [5, 5.41) is 0. The van der Waals surface area contributed by atoms with Crippen molar-refractivity contribution in [2.45, 2.75) is 43.7 Å². The van der Waals surface area contributed by atoms with E-state index in [-0.39, 0.29) is 17.0 Å². The Kier molecular flexibility index (Phi) is 4.67. The van der Waals surface area contributed by atoms with Gasteiger partial charge in [-0.25, -0.2) is 13.1 Å². The first-order valence-electron chi connectivity index (χ1n) is 6.90. The van der Waals surface area contributed by atoms with Crippen molar-refractivity contribution < 1.29 is 13.2 Å². The van der Waals surface area contributed by atoms with E-state index in [1.54, 1.807) is 38.1 Å². The van der Waals surface area contributed by atoms with Crippen LogP contribution >= 0.6 is 0 Å². The molecule has 112 valence electrons. The van der Waals surface area contributed by atoms with Crippen molar-refractivity contribution >= 4 is 10.0 Å². The maximum absolute atomic E-state index is 12.0. The van der Waals surface area contributed by atoms with Gasteiger partial charge in [-0.2, -0.15) is 0 Å². The lowest BCUT2D eigenvalue weighted by Crippen LogP contribution is -2.37. The highest BCUT2D eigenvalue weighted by Gasteiger charge is 2.29. The van der Waals surface area contributed by atoms with Crippen molar-refractivity contribution in [2.75, 3.05) is 6.54 Å². The van der Waals surface area contributed by atoms with Crippen molar-refractivity contribution in [1.82, 2.24) is 4.72 Å². The van der Waals surface area contributed by atoms with Crippen LogP contribution in [0.25, 0.3) is 0 Å². The minimum absolute atomic E-state index is 0.126. The van der Waals surface area contributed by atoms with Gasteiger partial charge in [0.2, 0.25) is 10.0 Å². The lowest BCUT2D eigenvalue weighted by atomic mass is 9.82. The molecular formula is C14H22N2O3S. The second-order valence-corrected chi connectivity index (χ2v) is 7.27. The summed E-state index contributed by atoms with van der Waals surface area (Å²) in [5.41, 5.74) is 5.57. The minimum atomic E-state index is -3.43. The van der Waals surface area contributed by atoms with Gasteiger partial charge in [0.25, 0.3) is 0 Å². The zero-order chi connectivity index (χ0) is 14.8. The monoisotopic (exact) mass is 298 g/mol. The van der Waals surface area contributed by atoms with Crippen molar-refractivity contribution in [1.29, 1.82) is 0 Å². The number of benzene rings is 1. The average molecular weight is 298 g/mol. The first-order valence-corrected chi connectivity index (χ1v) is 8.38. The zero-order valence-corrected chi connectivity index (χ0v) is 12.7. The minimum Gasteiger partial charge on any atom is -0.490 e. The van der Waals surface area contributed by atoms with Crippen LogP contribution in [0.2, 0.25) is 0 Å². The number of hydrogen-bond donors (Lipinski definition) is 2. The van der Waals surface area contributed by atoms with Gasteiger partial charge in [0.15, 0.2) is 0 Å². The molecule has 1 fully saturated rings. The first kappa shape index (κ1) is 15.3. The van der Waals surface area contributed by atoms with E-state index in [2.05, 4.69) is 4.72 Å². The molecule has 20 heavy (non-hydrogen) atoms. The third kappa shape index (κ3) is 3.71. The van der Waals surface area contributed by atoms with Gasteiger partial charge >= 0.3 is 0 Å². The predicted molar refractivity (Wildman–Crippen MR) is 78.1 cm³/mol. The van der Waals surface area contributed by atoms with Gasteiger partial charge in [-0.1, -0.05) is 0 Å².